The predicted octanol–water partition coefficient (Wildman–Crippen LogP) is 5.41. The van der Waals surface area contributed by atoms with Gasteiger partial charge in [-0.05, 0) is 66.8 Å². The molecule has 38 heavy (non-hydrogen) atoms. The van der Waals surface area contributed by atoms with Crippen LogP contribution in [0.25, 0.3) is 0 Å². The molecule has 0 unspecified atom stereocenters. The zero-order chi connectivity index (χ0) is 27.7. The first-order valence-electron chi connectivity index (χ1n) is 12.4. The number of hydrogen-bond acceptors (Lipinski definition) is 5. The van der Waals surface area contributed by atoms with Crippen molar-refractivity contribution in [2.75, 3.05) is 24.0 Å². The Hall–Kier alpha value is -3.23. The normalized spacial score (nSPS) is 15.4. The molecular formula is C29H33ClN2O5S. The van der Waals surface area contributed by atoms with E-state index in [0.29, 0.717) is 22.2 Å². The number of sulfonamides is 1. The number of hydrogen-bond donors (Lipinski definition) is 1. The van der Waals surface area contributed by atoms with E-state index < -0.39 is 22.0 Å². The molecule has 1 aliphatic rings. The number of ether oxygens (including phenoxy) is 2. The maximum atomic E-state index is 13.8. The van der Waals surface area contributed by atoms with Gasteiger partial charge in [0.15, 0.2) is 6.10 Å². The molecule has 0 aliphatic carbocycles. The van der Waals surface area contributed by atoms with E-state index in [1.54, 1.807) is 36.4 Å². The predicted molar refractivity (Wildman–Crippen MR) is 150 cm³/mol. The van der Waals surface area contributed by atoms with Crippen LogP contribution in [-0.4, -0.2) is 40.1 Å². The topological polar surface area (TPSA) is 84.9 Å². The quantitative estimate of drug-likeness (QED) is 0.394. The van der Waals surface area contributed by atoms with E-state index in [9.17, 15) is 13.2 Å². The van der Waals surface area contributed by atoms with Gasteiger partial charge in [0.25, 0.3) is 15.9 Å². The van der Waals surface area contributed by atoms with Crippen molar-refractivity contribution in [1.29, 1.82) is 0 Å². The van der Waals surface area contributed by atoms with Crippen molar-refractivity contribution in [2.24, 2.45) is 0 Å². The van der Waals surface area contributed by atoms with Crippen LogP contribution in [-0.2, 0) is 20.2 Å². The molecule has 0 saturated carbocycles. The minimum Gasteiger partial charge on any atom is -0.492 e. The van der Waals surface area contributed by atoms with Crippen molar-refractivity contribution in [1.82, 2.24) is 5.32 Å². The summed E-state index contributed by atoms with van der Waals surface area (Å²) < 4.78 is 40.5. The van der Waals surface area contributed by atoms with E-state index in [1.165, 1.54) is 4.31 Å². The summed E-state index contributed by atoms with van der Waals surface area (Å²) in [5.74, 6) is 0.513. The fourth-order valence-corrected chi connectivity index (χ4v) is 5.68. The minimum absolute atomic E-state index is 0.154. The highest BCUT2D eigenvalue weighted by molar-refractivity contribution is 7.92. The van der Waals surface area contributed by atoms with Crippen LogP contribution < -0.4 is 19.1 Å². The number of nitrogens with one attached hydrogen (secondary N) is 1. The fourth-order valence-electron chi connectivity index (χ4n) is 4.04. The third-order valence-electron chi connectivity index (χ3n) is 6.41. The second-order valence-corrected chi connectivity index (χ2v) is 12.7. The Kier molecular flexibility index (Phi) is 7.95. The summed E-state index contributed by atoms with van der Waals surface area (Å²) in [4.78, 5) is 13.2. The van der Waals surface area contributed by atoms with Crippen molar-refractivity contribution in [3.63, 3.8) is 0 Å². The van der Waals surface area contributed by atoms with Gasteiger partial charge in [-0.2, -0.15) is 0 Å². The van der Waals surface area contributed by atoms with Crippen LogP contribution in [0.15, 0.2) is 65.6 Å². The van der Waals surface area contributed by atoms with E-state index in [4.69, 9.17) is 21.1 Å². The summed E-state index contributed by atoms with van der Waals surface area (Å²) in [6, 6.07) is 17.5. The van der Waals surface area contributed by atoms with E-state index in [-0.39, 0.29) is 30.0 Å². The molecule has 0 aromatic heterocycles. The van der Waals surface area contributed by atoms with E-state index in [1.807, 2.05) is 38.1 Å². The third kappa shape index (κ3) is 6.08. The van der Waals surface area contributed by atoms with E-state index in [2.05, 4.69) is 26.1 Å². The summed E-state index contributed by atoms with van der Waals surface area (Å²) >= 11 is 6.14. The Morgan fingerprint density at radius 1 is 1.08 bits per heavy atom. The molecule has 1 heterocycles. The monoisotopic (exact) mass is 556 g/mol. The summed E-state index contributed by atoms with van der Waals surface area (Å²) in [6.07, 6.45) is -1.03. The Bertz CT molecular complexity index is 1430. The lowest BCUT2D eigenvalue weighted by atomic mass is 9.86. The first kappa shape index (κ1) is 27.8. The number of halogens is 1. The molecule has 1 N–H and O–H groups in total. The SMILES string of the molecule is Cc1ccc(S(=O)(=O)N2C[C@H](C(=O)NCCOc3ccc(C)c(Cl)c3)Oc3ccc(C(C)(C)C)cc32)cc1. The Morgan fingerprint density at radius 2 is 1.79 bits per heavy atom. The average Bonchev–Trinajstić information content (AvgIpc) is 2.87. The van der Waals surface area contributed by atoms with Gasteiger partial charge in [0, 0.05) is 5.02 Å². The number of benzene rings is 3. The van der Waals surface area contributed by atoms with Gasteiger partial charge in [-0.25, -0.2) is 8.42 Å². The fraction of sp³-hybridized carbons (Fsp3) is 0.345. The summed E-state index contributed by atoms with van der Waals surface area (Å²) in [6.45, 7) is 10.2. The molecule has 0 saturated heterocycles. The zero-order valence-corrected chi connectivity index (χ0v) is 23.8. The van der Waals surface area contributed by atoms with Crippen LogP contribution in [0.2, 0.25) is 5.02 Å². The van der Waals surface area contributed by atoms with Gasteiger partial charge in [-0.1, -0.05) is 62.2 Å². The third-order valence-corrected chi connectivity index (χ3v) is 8.61. The zero-order valence-electron chi connectivity index (χ0n) is 22.2. The molecule has 0 radical (unpaired) electrons. The van der Waals surface area contributed by atoms with E-state index >= 15 is 0 Å². The molecule has 3 aromatic rings. The summed E-state index contributed by atoms with van der Waals surface area (Å²) in [5.41, 5.74) is 3.07. The first-order chi connectivity index (χ1) is 17.9. The molecule has 1 atom stereocenters. The van der Waals surface area contributed by atoms with Gasteiger partial charge < -0.3 is 14.8 Å². The Labute approximate surface area is 229 Å². The van der Waals surface area contributed by atoms with Crippen LogP contribution in [0.5, 0.6) is 11.5 Å². The van der Waals surface area contributed by atoms with Gasteiger partial charge in [0.1, 0.15) is 18.1 Å². The van der Waals surface area contributed by atoms with Crippen LogP contribution in [0.1, 0.15) is 37.5 Å². The van der Waals surface area contributed by atoms with Gasteiger partial charge >= 0.3 is 0 Å². The average molecular weight is 557 g/mol. The molecule has 1 aliphatic heterocycles. The molecule has 202 valence electrons. The highest BCUT2D eigenvalue weighted by atomic mass is 35.5. The molecule has 7 nitrogen and oxygen atoms in total. The van der Waals surface area contributed by atoms with E-state index in [0.717, 1.165) is 16.7 Å². The second-order valence-electron chi connectivity index (χ2n) is 10.4. The highest BCUT2D eigenvalue weighted by Crippen LogP contribution is 2.40. The number of amides is 1. The number of anilines is 1. The highest BCUT2D eigenvalue weighted by Gasteiger charge is 2.38. The maximum Gasteiger partial charge on any atom is 0.264 e. The summed E-state index contributed by atoms with van der Waals surface area (Å²) in [5, 5.41) is 3.39. The van der Waals surface area contributed by atoms with Crippen LogP contribution in [0.4, 0.5) is 5.69 Å². The van der Waals surface area contributed by atoms with Gasteiger partial charge in [0.2, 0.25) is 0 Å². The number of carbonyl (C=O) groups excluding carboxylic acids is 1. The number of nitrogens with zero attached hydrogens (tertiary/aromatic N) is 1. The van der Waals surface area contributed by atoms with Crippen molar-refractivity contribution < 1.29 is 22.7 Å². The van der Waals surface area contributed by atoms with Crippen molar-refractivity contribution in [2.45, 2.75) is 51.0 Å². The molecule has 0 bridgehead atoms. The number of fused-ring (bicyclic) bond motifs is 1. The molecular weight excluding hydrogens is 524 g/mol. The van der Waals surface area contributed by atoms with Crippen molar-refractivity contribution >= 4 is 33.2 Å². The maximum absolute atomic E-state index is 13.8. The lowest BCUT2D eigenvalue weighted by Crippen LogP contribution is -2.51. The second kappa shape index (κ2) is 10.9. The first-order valence-corrected chi connectivity index (χ1v) is 14.3. The van der Waals surface area contributed by atoms with Gasteiger partial charge in [0.05, 0.1) is 23.7 Å². The molecule has 9 heteroatoms. The Balaban J connectivity index is 1.54. The van der Waals surface area contributed by atoms with Crippen LogP contribution in [0, 0.1) is 13.8 Å². The lowest BCUT2D eigenvalue weighted by Gasteiger charge is -2.36. The smallest absolute Gasteiger partial charge is 0.264 e. The van der Waals surface area contributed by atoms with Crippen LogP contribution >= 0.6 is 11.6 Å². The van der Waals surface area contributed by atoms with Gasteiger partial charge in [-0.15, -0.1) is 0 Å². The molecule has 0 spiro atoms. The number of rotatable bonds is 7. The van der Waals surface area contributed by atoms with Crippen molar-refractivity contribution in [3.05, 3.63) is 82.4 Å². The largest absolute Gasteiger partial charge is 0.492 e. The number of carbonyl (C=O) groups is 1. The standard InChI is InChI=1S/C29H33ClN2O5S/c1-19-6-11-23(12-7-19)38(34,35)32-18-27(37-26-13-9-21(16-25(26)32)29(3,4)5)28(33)31-14-15-36-22-10-8-20(2)24(30)17-22/h6-13,16-17,27H,14-15,18H2,1-5H3,(H,31,33)/t27-/m1/s1. The van der Waals surface area contributed by atoms with Crippen LogP contribution in [0.3, 0.4) is 0 Å². The lowest BCUT2D eigenvalue weighted by molar-refractivity contribution is -0.127. The molecule has 4 rings (SSSR count). The molecule has 1 amide bonds. The summed E-state index contributed by atoms with van der Waals surface area (Å²) in [7, 11) is -3.95. The van der Waals surface area contributed by atoms with Crippen molar-refractivity contribution in [3.8, 4) is 11.5 Å². The molecule has 0 fully saturated rings. The molecule has 3 aromatic carbocycles. The minimum atomic E-state index is -3.95. The Morgan fingerprint density at radius 3 is 2.45 bits per heavy atom. The number of aryl methyl sites for hydroxylation is 2. The van der Waals surface area contributed by atoms with Gasteiger partial charge in [-0.3, -0.25) is 9.10 Å².